The Kier molecular flexibility index (Phi) is 3.98. The zero-order valence-electron chi connectivity index (χ0n) is 13.2. The van der Waals surface area contributed by atoms with Gasteiger partial charge in [0, 0.05) is 34.6 Å². The predicted octanol–water partition coefficient (Wildman–Crippen LogP) is 5.48. The average Bonchev–Trinajstić information content (AvgIpc) is 3.26. The van der Waals surface area contributed by atoms with E-state index in [-0.39, 0.29) is 11.1 Å². The molecule has 4 rings (SSSR count). The maximum Gasteiger partial charge on any atom is 0.142 e. The third kappa shape index (κ3) is 2.79. The summed E-state index contributed by atoms with van der Waals surface area (Å²) < 4.78 is 15.6. The lowest BCUT2D eigenvalue weighted by molar-refractivity contribution is 0.556. The fraction of sp³-hybridized carbons (Fsp3) is 0.111. The summed E-state index contributed by atoms with van der Waals surface area (Å²) in [5.74, 6) is -0.497. The van der Waals surface area contributed by atoms with Gasteiger partial charge in [0.2, 0.25) is 0 Å². The molecule has 0 saturated heterocycles. The van der Waals surface area contributed by atoms with Crippen LogP contribution in [0, 0.1) is 5.82 Å². The highest BCUT2D eigenvalue weighted by Crippen LogP contribution is 2.32. The maximum atomic E-state index is 13.8. The van der Waals surface area contributed by atoms with Crippen molar-refractivity contribution in [2.75, 3.05) is 0 Å². The first-order valence-corrected chi connectivity index (χ1v) is 8.41. The highest BCUT2D eigenvalue weighted by atomic mass is 35.5. The number of hydrogen-bond donors (Lipinski definition) is 1. The Hall–Kier alpha value is -2.37. The molecule has 3 aromatic heterocycles. The molecule has 126 valence electrons. The number of pyridine rings is 1. The molecular formula is C18H13Cl2FN4. The lowest BCUT2D eigenvalue weighted by atomic mass is 10.1. The molecule has 0 radical (unpaired) electrons. The van der Waals surface area contributed by atoms with E-state index in [4.69, 9.17) is 23.2 Å². The Bertz CT molecular complexity index is 1070. The molecule has 1 atom stereocenters. The van der Waals surface area contributed by atoms with E-state index < -0.39 is 5.82 Å². The number of nitrogens with one attached hydrogen (secondary N) is 1. The molecule has 0 amide bonds. The lowest BCUT2D eigenvalue weighted by Crippen LogP contribution is -2.08. The van der Waals surface area contributed by atoms with E-state index >= 15 is 0 Å². The molecule has 0 bridgehead atoms. The SMILES string of the molecule is CC(c1cc(F)c(Cl)cc1Cl)n1cc(-c2ccnc3[nH]ccc23)cn1. The van der Waals surface area contributed by atoms with Crippen LogP contribution in [0.25, 0.3) is 22.2 Å². The van der Waals surface area contributed by atoms with Crippen LogP contribution in [0.3, 0.4) is 0 Å². The van der Waals surface area contributed by atoms with Gasteiger partial charge in [-0.25, -0.2) is 9.37 Å². The minimum Gasteiger partial charge on any atom is -0.346 e. The van der Waals surface area contributed by atoms with E-state index in [1.165, 1.54) is 12.1 Å². The molecule has 0 saturated carbocycles. The largest absolute Gasteiger partial charge is 0.346 e. The van der Waals surface area contributed by atoms with Gasteiger partial charge in [0.1, 0.15) is 11.5 Å². The van der Waals surface area contributed by atoms with Gasteiger partial charge in [-0.15, -0.1) is 0 Å². The standard InChI is InChI=1S/C18H13Cl2FN4/c1-10(14-6-17(21)16(20)7-15(14)19)25-9-11(8-24-25)12-2-4-22-18-13(12)3-5-23-18/h2-10H,1H3,(H,22,23). The Morgan fingerprint density at radius 3 is 2.88 bits per heavy atom. The minimum atomic E-state index is -0.497. The van der Waals surface area contributed by atoms with E-state index in [0.29, 0.717) is 10.6 Å². The van der Waals surface area contributed by atoms with E-state index in [9.17, 15) is 4.39 Å². The molecular weight excluding hydrogens is 362 g/mol. The summed E-state index contributed by atoms with van der Waals surface area (Å²) >= 11 is 12.0. The van der Waals surface area contributed by atoms with Crippen LogP contribution in [0.4, 0.5) is 4.39 Å². The summed E-state index contributed by atoms with van der Waals surface area (Å²) in [7, 11) is 0. The number of H-pyrrole nitrogens is 1. The Balaban J connectivity index is 1.74. The van der Waals surface area contributed by atoms with Gasteiger partial charge in [-0.05, 0) is 42.3 Å². The highest BCUT2D eigenvalue weighted by molar-refractivity contribution is 6.35. The van der Waals surface area contributed by atoms with E-state index in [1.54, 1.807) is 17.1 Å². The van der Waals surface area contributed by atoms with Gasteiger partial charge >= 0.3 is 0 Å². The number of halogens is 3. The smallest absolute Gasteiger partial charge is 0.142 e. The predicted molar refractivity (Wildman–Crippen MR) is 97.5 cm³/mol. The van der Waals surface area contributed by atoms with Crippen molar-refractivity contribution in [2.24, 2.45) is 0 Å². The molecule has 3 heterocycles. The van der Waals surface area contributed by atoms with Crippen LogP contribution in [-0.4, -0.2) is 19.7 Å². The van der Waals surface area contributed by atoms with Crippen molar-refractivity contribution >= 4 is 34.2 Å². The lowest BCUT2D eigenvalue weighted by Gasteiger charge is -2.15. The summed E-state index contributed by atoms with van der Waals surface area (Å²) in [6.07, 6.45) is 7.29. The molecule has 0 fully saturated rings. The third-order valence-corrected chi connectivity index (χ3v) is 4.88. The second-order valence-corrected chi connectivity index (χ2v) is 6.59. The fourth-order valence-electron chi connectivity index (χ4n) is 2.90. The van der Waals surface area contributed by atoms with Crippen LogP contribution in [0.2, 0.25) is 10.0 Å². The first kappa shape index (κ1) is 16.1. The Labute approximate surface area is 153 Å². The van der Waals surface area contributed by atoms with Gasteiger partial charge in [-0.2, -0.15) is 5.10 Å². The summed E-state index contributed by atoms with van der Waals surface area (Å²) in [4.78, 5) is 7.39. The number of rotatable bonds is 3. The molecule has 0 aliphatic heterocycles. The van der Waals surface area contributed by atoms with Gasteiger partial charge in [-0.1, -0.05) is 23.2 Å². The van der Waals surface area contributed by atoms with Crippen LogP contribution >= 0.6 is 23.2 Å². The van der Waals surface area contributed by atoms with Gasteiger partial charge in [0.15, 0.2) is 0 Å². The number of benzene rings is 1. The van der Waals surface area contributed by atoms with Crippen molar-refractivity contribution in [3.63, 3.8) is 0 Å². The molecule has 1 unspecified atom stereocenters. The van der Waals surface area contributed by atoms with E-state index in [2.05, 4.69) is 15.1 Å². The van der Waals surface area contributed by atoms with Crippen molar-refractivity contribution in [3.05, 3.63) is 70.5 Å². The van der Waals surface area contributed by atoms with Crippen LogP contribution in [0.15, 0.2) is 49.1 Å². The first-order chi connectivity index (χ1) is 12.0. The fourth-order valence-corrected chi connectivity index (χ4v) is 3.44. The topological polar surface area (TPSA) is 46.5 Å². The zero-order valence-corrected chi connectivity index (χ0v) is 14.7. The number of aromatic amines is 1. The van der Waals surface area contributed by atoms with Crippen LogP contribution in [0.5, 0.6) is 0 Å². The zero-order chi connectivity index (χ0) is 17.6. The highest BCUT2D eigenvalue weighted by Gasteiger charge is 2.17. The summed E-state index contributed by atoms with van der Waals surface area (Å²) in [6, 6.07) is 6.45. The van der Waals surface area contributed by atoms with Gasteiger partial charge in [0.25, 0.3) is 0 Å². The van der Waals surface area contributed by atoms with Crippen molar-refractivity contribution in [3.8, 4) is 11.1 Å². The first-order valence-electron chi connectivity index (χ1n) is 7.65. The van der Waals surface area contributed by atoms with Gasteiger partial charge in [0.05, 0.1) is 17.3 Å². The number of nitrogens with zero attached hydrogens (tertiary/aromatic N) is 3. The number of aromatic nitrogens is 4. The molecule has 0 spiro atoms. The average molecular weight is 375 g/mol. The molecule has 25 heavy (non-hydrogen) atoms. The normalized spacial score (nSPS) is 12.6. The molecule has 1 N–H and O–H groups in total. The Morgan fingerprint density at radius 1 is 1.20 bits per heavy atom. The monoisotopic (exact) mass is 374 g/mol. The summed E-state index contributed by atoms with van der Waals surface area (Å²) in [5.41, 5.74) is 3.42. The maximum absolute atomic E-state index is 13.8. The molecule has 4 nitrogen and oxygen atoms in total. The van der Waals surface area contributed by atoms with Crippen LogP contribution in [-0.2, 0) is 0 Å². The van der Waals surface area contributed by atoms with E-state index in [0.717, 1.165) is 22.2 Å². The van der Waals surface area contributed by atoms with Crippen LogP contribution in [0.1, 0.15) is 18.5 Å². The molecule has 7 heteroatoms. The Morgan fingerprint density at radius 2 is 2.04 bits per heavy atom. The van der Waals surface area contributed by atoms with Crippen LogP contribution < -0.4 is 0 Å². The summed E-state index contributed by atoms with van der Waals surface area (Å²) in [5, 5.41) is 5.86. The number of hydrogen-bond acceptors (Lipinski definition) is 2. The second-order valence-electron chi connectivity index (χ2n) is 5.77. The van der Waals surface area contributed by atoms with Crippen molar-refractivity contribution in [2.45, 2.75) is 13.0 Å². The second kappa shape index (κ2) is 6.17. The van der Waals surface area contributed by atoms with Crippen molar-refractivity contribution in [1.82, 2.24) is 19.7 Å². The summed E-state index contributed by atoms with van der Waals surface area (Å²) in [6.45, 7) is 1.91. The third-order valence-electron chi connectivity index (χ3n) is 4.26. The number of fused-ring (bicyclic) bond motifs is 1. The van der Waals surface area contributed by atoms with Crippen molar-refractivity contribution in [1.29, 1.82) is 0 Å². The molecule has 0 aliphatic rings. The van der Waals surface area contributed by atoms with Gasteiger partial charge < -0.3 is 4.98 Å². The quantitative estimate of drug-likeness (QED) is 0.482. The molecule has 4 aromatic rings. The molecule has 0 aliphatic carbocycles. The van der Waals surface area contributed by atoms with E-state index in [1.807, 2.05) is 31.5 Å². The van der Waals surface area contributed by atoms with Crippen molar-refractivity contribution < 1.29 is 4.39 Å². The molecule has 1 aromatic carbocycles. The minimum absolute atomic E-state index is 0.00809. The van der Waals surface area contributed by atoms with Gasteiger partial charge in [-0.3, -0.25) is 4.68 Å².